The number of carbonyl (C=O) groups is 1. The molecule has 0 aliphatic heterocycles. The maximum absolute atomic E-state index is 12.3. The number of nitrogens with two attached hydrogens (primary N) is 1. The molecule has 0 fully saturated rings. The second kappa shape index (κ2) is 6.30. The van der Waals surface area contributed by atoms with E-state index in [1.165, 1.54) is 0 Å². The maximum atomic E-state index is 12.3. The molecule has 0 spiro atoms. The summed E-state index contributed by atoms with van der Waals surface area (Å²) in [5.74, 6) is -0.0342. The number of ether oxygens (including phenoxy) is 1. The zero-order valence-electron chi connectivity index (χ0n) is 11.3. The molecule has 0 aliphatic rings. The summed E-state index contributed by atoms with van der Waals surface area (Å²) in [5, 5.41) is 0. The SMILES string of the molecule is CCN(C(=O)c1cc(C)nc(N)n1)C(C)COC. The van der Waals surface area contributed by atoms with E-state index in [1.54, 1.807) is 25.0 Å². The van der Waals surface area contributed by atoms with Gasteiger partial charge in [0.2, 0.25) is 5.95 Å². The van der Waals surface area contributed by atoms with Crippen LogP contribution in [0.5, 0.6) is 0 Å². The average Bonchev–Trinajstić information content (AvgIpc) is 2.28. The molecule has 1 rings (SSSR count). The summed E-state index contributed by atoms with van der Waals surface area (Å²) in [6, 6.07) is 1.63. The molecule has 2 N–H and O–H groups in total. The first kappa shape index (κ1) is 14.4. The molecule has 1 amide bonds. The number of hydrogen-bond acceptors (Lipinski definition) is 5. The van der Waals surface area contributed by atoms with E-state index in [4.69, 9.17) is 10.5 Å². The Bertz CT molecular complexity index is 402. The molecule has 0 aliphatic carbocycles. The number of anilines is 1. The Hall–Kier alpha value is -1.69. The van der Waals surface area contributed by atoms with Crippen LogP contribution in [0.3, 0.4) is 0 Å². The number of methoxy groups -OCH3 is 1. The minimum atomic E-state index is -0.153. The molecule has 0 saturated carbocycles. The lowest BCUT2D eigenvalue weighted by Crippen LogP contribution is -2.41. The van der Waals surface area contributed by atoms with Crippen molar-refractivity contribution >= 4 is 11.9 Å². The first-order chi connectivity index (χ1) is 8.49. The van der Waals surface area contributed by atoms with Crippen LogP contribution in [0.25, 0.3) is 0 Å². The van der Waals surface area contributed by atoms with Gasteiger partial charge in [-0.3, -0.25) is 4.79 Å². The highest BCUT2D eigenvalue weighted by molar-refractivity contribution is 5.92. The molecule has 1 aromatic heterocycles. The van der Waals surface area contributed by atoms with Gasteiger partial charge in [-0.2, -0.15) is 0 Å². The van der Waals surface area contributed by atoms with Crippen molar-refractivity contribution in [3.63, 3.8) is 0 Å². The van der Waals surface area contributed by atoms with Gasteiger partial charge in [0.05, 0.1) is 12.6 Å². The van der Waals surface area contributed by atoms with Crippen LogP contribution in [0.1, 0.15) is 30.0 Å². The summed E-state index contributed by atoms with van der Waals surface area (Å²) in [6.45, 7) is 6.71. The molecule has 0 radical (unpaired) electrons. The van der Waals surface area contributed by atoms with Gasteiger partial charge < -0.3 is 15.4 Å². The van der Waals surface area contributed by atoms with Crippen molar-refractivity contribution in [3.8, 4) is 0 Å². The molecule has 0 saturated heterocycles. The monoisotopic (exact) mass is 252 g/mol. The van der Waals surface area contributed by atoms with Crippen molar-refractivity contribution in [1.29, 1.82) is 0 Å². The molecule has 6 heteroatoms. The van der Waals surface area contributed by atoms with Crippen molar-refractivity contribution in [2.75, 3.05) is 26.0 Å². The highest BCUT2D eigenvalue weighted by Gasteiger charge is 2.21. The zero-order valence-corrected chi connectivity index (χ0v) is 11.3. The Morgan fingerprint density at radius 1 is 1.56 bits per heavy atom. The van der Waals surface area contributed by atoms with E-state index >= 15 is 0 Å². The van der Waals surface area contributed by atoms with E-state index < -0.39 is 0 Å². The molecule has 1 unspecified atom stereocenters. The van der Waals surface area contributed by atoms with Crippen LogP contribution >= 0.6 is 0 Å². The Labute approximate surface area is 107 Å². The Morgan fingerprint density at radius 3 is 2.72 bits per heavy atom. The summed E-state index contributed by atoms with van der Waals surface area (Å²) in [6.07, 6.45) is 0. The summed E-state index contributed by atoms with van der Waals surface area (Å²) < 4.78 is 5.07. The van der Waals surface area contributed by atoms with Crippen LogP contribution in [-0.4, -0.2) is 47.1 Å². The summed E-state index contributed by atoms with van der Waals surface area (Å²) in [7, 11) is 1.61. The lowest BCUT2D eigenvalue weighted by Gasteiger charge is -2.27. The summed E-state index contributed by atoms with van der Waals surface area (Å²) in [4.78, 5) is 22.0. The highest BCUT2D eigenvalue weighted by atomic mass is 16.5. The molecule has 1 aromatic rings. The molecular weight excluding hydrogens is 232 g/mol. The molecule has 0 bridgehead atoms. The van der Waals surface area contributed by atoms with Crippen LogP contribution in [0.2, 0.25) is 0 Å². The minimum absolute atomic E-state index is 0.0102. The molecular formula is C12H20N4O2. The summed E-state index contributed by atoms with van der Waals surface area (Å²) >= 11 is 0. The number of amides is 1. The average molecular weight is 252 g/mol. The third-order valence-electron chi connectivity index (χ3n) is 2.63. The molecule has 18 heavy (non-hydrogen) atoms. The van der Waals surface area contributed by atoms with E-state index in [0.29, 0.717) is 24.5 Å². The highest BCUT2D eigenvalue weighted by Crippen LogP contribution is 2.09. The van der Waals surface area contributed by atoms with Crippen molar-refractivity contribution < 1.29 is 9.53 Å². The predicted molar refractivity (Wildman–Crippen MR) is 69.2 cm³/mol. The molecule has 1 atom stereocenters. The zero-order chi connectivity index (χ0) is 13.7. The number of aryl methyl sites for hydroxylation is 1. The van der Waals surface area contributed by atoms with Crippen LogP contribution in [0.4, 0.5) is 5.95 Å². The van der Waals surface area contributed by atoms with Crippen molar-refractivity contribution in [2.24, 2.45) is 0 Å². The smallest absolute Gasteiger partial charge is 0.272 e. The lowest BCUT2D eigenvalue weighted by molar-refractivity contribution is 0.0573. The maximum Gasteiger partial charge on any atom is 0.272 e. The van der Waals surface area contributed by atoms with Crippen LogP contribution in [0, 0.1) is 6.92 Å². The molecule has 1 heterocycles. The van der Waals surface area contributed by atoms with E-state index in [9.17, 15) is 4.79 Å². The fourth-order valence-corrected chi connectivity index (χ4v) is 1.83. The lowest BCUT2D eigenvalue weighted by atomic mass is 10.2. The predicted octanol–water partition coefficient (Wildman–Crippen LogP) is 0.864. The van der Waals surface area contributed by atoms with Crippen molar-refractivity contribution in [1.82, 2.24) is 14.9 Å². The number of hydrogen-bond donors (Lipinski definition) is 1. The largest absolute Gasteiger partial charge is 0.383 e. The van der Waals surface area contributed by atoms with Crippen LogP contribution in [-0.2, 0) is 4.74 Å². The molecule has 6 nitrogen and oxygen atoms in total. The van der Waals surface area contributed by atoms with Gasteiger partial charge >= 0.3 is 0 Å². The van der Waals surface area contributed by atoms with Gasteiger partial charge in [-0.15, -0.1) is 0 Å². The van der Waals surface area contributed by atoms with E-state index in [2.05, 4.69) is 9.97 Å². The normalized spacial score (nSPS) is 12.2. The number of carbonyl (C=O) groups excluding carboxylic acids is 1. The first-order valence-corrected chi connectivity index (χ1v) is 5.90. The fraction of sp³-hybridized carbons (Fsp3) is 0.583. The van der Waals surface area contributed by atoms with E-state index in [0.717, 1.165) is 0 Å². The fourth-order valence-electron chi connectivity index (χ4n) is 1.83. The Balaban J connectivity index is 2.96. The number of nitrogen functional groups attached to an aromatic ring is 1. The number of rotatable bonds is 5. The van der Waals surface area contributed by atoms with Gasteiger partial charge in [0.25, 0.3) is 5.91 Å². The van der Waals surface area contributed by atoms with Crippen molar-refractivity contribution in [2.45, 2.75) is 26.8 Å². The number of likely N-dealkylation sites (N-methyl/N-ethyl adjacent to an activating group) is 1. The Morgan fingerprint density at radius 2 is 2.22 bits per heavy atom. The third kappa shape index (κ3) is 3.40. The van der Waals surface area contributed by atoms with Crippen molar-refractivity contribution in [3.05, 3.63) is 17.5 Å². The quantitative estimate of drug-likeness (QED) is 0.840. The van der Waals surface area contributed by atoms with E-state index in [-0.39, 0.29) is 17.9 Å². The van der Waals surface area contributed by atoms with Gasteiger partial charge in [-0.05, 0) is 26.8 Å². The molecule has 0 aromatic carbocycles. The van der Waals surface area contributed by atoms with Gasteiger partial charge in [0.15, 0.2) is 0 Å². The van der Waals surface area contributed by atoms with E-state index in [1.807, 2.05) is 13.8 Å². The topological polar surface area (TPSA) is 81.3 Å². The van der Waals surface area contributed by atoms with Gasteiger partial charge in [-0.1, -0.05) is 0 Å². The van der Waals surface area contributed by atoms with Crippen LogP contribution in [0.15, 0.2) is 6.07 Å². The number of nitrogens with zero attached hydrogens (tertiary/aromatic N) is 3. The first-order valence-electron chi connectivity index (χ1n) is 5.90. The Kier molecular flexibility index (Phi) is 5.03. The third-order valence-corrected chi connectivity index (χ3v) is 2.63. The van der Waals surface area contributed by atoms with Gasteiger partial charge in [0.1, 0.15) is 5.69 Å². The second-order valence-corrected chi connectivity index (χ2v) is 4.15. The standard InChI is InChI=1S/C12H20N4O2/c1-5-16(9(3)7-18-4)11(17)10-6-8(2)14-12(13)15-10/h6,9H,5,7H2,1-4H3,(H2,13,14,15). The molecule has 100 valence electrons. The summed E-state index contributed by atoms with van der Waals surface area (Å²) in [5.41, 5.74) is 6.56. The van der Waals surface area contributed by atoms with Gasteiger partial charge in [-0.25, -0.2) is 9.97 Å². The number of aromatic nitrogens is 2. The second-order valence-electron chi connectivity index (χ2n) is 4.15. The minimum Gasteiger partial charge on any atom is -0.383 e. The van der Waals surface area contributed by atoms with Crippen LogP contribution < -0.4 is 5.73 Å². The van der Waals surface area contributed by atoms with Gasteiger partial charge in [0, 0.05) is 19.3 Å².